The van der Waals surface area contributed by atoms with Gasteiger partial charge < -0.3 is 15.2 Å². The summed E-state index contributed by atoms with van der Waals surface area (Å²) in [6.07, 6.45) is 10.8. The van der Waals surface area contributed by atoms with Crippen LogP contribution in [0.2, 0.25) is 0 Å². The monoisotopic (exact) mass is 288 g/mol. The van der Waals surface area contributed by atoms with Gasteiger partial charge in [0.15, 0.2) is 5.96 Å². The molecule has 114 valence electrons. The molecule has 1 aromatic heterocycles. The number of hydrogen-bond acceptors (Lipinski definition) is 3. The van der Waals surface area contributed by atoms with Crippen LogP contribution in [0.15, 0.2) is 4.99 Å². The Bertz CT molecular complexity index is 511. The average Bonchev–Trinajstić information content (AvgIpc) is 2.72. The van der Waals surface area contributed by atoms with E-state index in [1.54, 1.807) is 0 Å². The zero-order valence-corrected chi connectivity index (χ0v) is 12.7. The van der Waals surface area contributed by atoms with Crippen LogP contribution in [0.3, 0.4) is 0 Å². The van der Waals surface area contributed by atoms with Gasteiger partial charge in [-0.15, -0.1) is 16.6 Å². The van der Waals surface area contributed by atoms with Gasteiger partial charge >= 0.3 is 0 Å². The molecule has 0 saturated carbocycles. The molecule has 2 heterocycles. The fourth-order valence-corrected chi connectivity index (χ4v) is 2.47. The Kier molecular flexibility index (Phi) is 6.07. The van der Waals surface area contributed by atoms with Crippen LogP contribution in [-0.2, 0) is 19.4 Å². The molecule has 0 amide bonds. The first-order chi connectivity index (χ1) is 10.3. The van der Waals surface area contributed by atoms with Crippen LogP contribution in [0.5, 0.6) is 0 Å². The van der Waals surface area contributed by atoms with Crippen molar-refractivity contribution in [1.29, 1.82) is 0 Å². The first kappa shape index (κ1) is 15.4. The Morgan fingerprint density at radius 3 is 3.05 bits per heavy atom. The van der Waals surface area contributed by atoms with Gasteiger partial charge in [0.1, 0.15) is 11.6 Å². The minimum Gasteiger partial charge on any atom is -0.357 e. The summed E-state index contributed by atoms with van der Waals surface area (Å²) in [6.45, 7) is 5.04. The van der Waals surface area contributed by atoms with Crippen LogP contribution in [0.25, 0.3) is 0 Å². The van der Waals surface area contributed by atoms with Gasteiger partial charge in [0.2, 0.25) is 0 Å². The van der Waals surface area contributed by atoms with Crippen LogP contribution >= 0.6 is 0 Å². The summed E-state index contributed by atoms with van der Waals surface area (Å²) in [6, 6.07) is 0. The summed E-state index contributed by atoms with van der Waals surface area (Å²) in [5.74, 6) is 5.48. The first-order valence-electron chi connectivity index (χ1n) is 7.71. The Hall–Kier alpha value is -2.03. The number of hydrogen-bond donors (Lipinski definition) is 2. The number of aliphatic imine (C=N–C) groups is 1. The Morgan fingerprint density at radius 1 is 1.33 bits per heavy atom. The lowest BCUT2D eigenvalue weighted by atomic mass is 10.2. The van der Waals surface area contributed by atoms with Crippen molar-refractivity contribution in [1.82, 2.24) is 25.4 Å². The van der Waals surface area contributed by atoms with Crippen molar-refractivity contribution in [2.45, 2.75) is 45.6 Å². The number of fused-ring (bicyclic) bond motifs is 1. The van der Waals surface area contributed by atoms with Gasteiger partial charge in [0, 0.05) is 32.5 Å². The second-order valence-corrected chi connectivity index (χ2v) is 5.06. The molecule has 6 nitrogen and oxygen atoms in total. The summed E-state index contributed by atoms with van der Waals surface area (Å²) in [7, 11) is 0. The van der Waals surface area contributed by atoms with Gasteiger partial charge in [-0.1, -0.05) is 12.3 Å². The van der Waals surface area contributed by atoms with E-state index < -0.39 is 0 Å². The number of aromatic nitrogens is 3. The number of rotatable bonds is 5. The highest BCUT2D eigenvalue weighted by atomic mass is 15.3. The highest BCUT2D eigenvalue weighted by Gasteiger charge is 2.13. The fourth-order valence-electron chi connectivity index (χ4n) is 2.47. The van der Waals surface area contributed by atoms with Crippen LogP contribution in [-0.4, -0.2) is 40.4 Å². The molecule has 0 fully saturated rings. The normalized spacial score (nSPS) is 15.0. The van der Waals surface area contributed by atoms with Gasteiger partial charge in [0.25, 0.3) is 0 Å². The number of guanidine groups is 1. The van der Waals surface area contributed by atoms with Crippen LogP contribution in [0, 0.1) is 12.3 Å². The minimum absolute atomic E-state index is 0.478. The molecule has 1 aliphatic heterocycles. The Balaban J connectivity index is 1.93. The van der Waals surface area contributed by atoms with E-state index in [0.717, 1.165) is 43.5 Å². The smallest absolute Gasteiger partial charge is 0.192 e. The Labute approximate surface area is 126 Å². The third-order valence-electron chi connectivity index (χ3n) is 3.49. The molecule has 0 radical (unpaired) electrons. The van der Waals surface area contributed by atoms with Crippen LogP contribution < -0.4 is 10.6 Å². The molecule has 0 atom stereocenters. The molecule has 0 unspecified atom stereocenters. The van der Waals surface area contributed by atoms with E-state index in [1.165, 1.54) is 19.3 Å². The van der Waals surface area contributed by atoms with E-state index in [0.29, 0.717) is 13.1 Å². The van der Waals surface area contributed by atoms with E-state index >= 15 is 0 Å². The molecule has 0 aliphatic carbocycles. The highest BCUT2D eigenvalue weighted by molar-refractivity contribution is 5.79. The topological polar surface area (TPSA) is 67.1 Å². The van der Waals surface area contributed by atoms with E-state index in [1.807, 2.05) is 6.92 Å². The summed E-state index contributed by atoms with van der Waals surface area (Å²) >= 11 is 0. The summed E-state index contributed by atoms with van der Waals surface area (Å²) in [5.41, 5.74) is 0. The second-order valence-electron chi connectivity index (χ2n) is 5.06. The lowest BCUT2D eigenvalue weighted by molar-refractivity contribution is 0.604. The van der Waals surface area contributed by atoms with E-state index in [-0.39, 0.29) is 0 Å². The maximum Gasteiger partial charge on any atom is 0.192 e. The third kappa shape index (κ3) is 4.48. The van der Waals surface area contributed by atoms with Gasteiger partial charge in [-0.25, -0.2) is 0 Å². The largest absolute Gasteiger partial charge is 0.357 e. The van der Waals surface area contributed by atoms with Crippen molar-refractivity contribution >= 4 is 5.96 Å². The average molecular weight is 288 g/mol. The van der Waals surface area contributed by atoms with Crippen molar-refractivity contribution < 1.29 is 0 Å². The molecular formula is C15H24N6. The molecule has 2 rings (SSSR count). The highest BCUT2D eigenvalue weighted by Crippen LogP contribution is 2.14. The Morgan fingerprint density at radius 2 is 2.24 bits per heavy atom. The molecule has 0 bridgehead atoms. The quantitative estimate of drug-likeness (QED) is 0.476. The van der Waals surface area contributed by atoms with Crippen LogP contribution in [0.4, 0.5) is 0 Å². The molecule has 0 aromatic carbocycles. The summed E-state index contributed by atoms with van der Waals surface area (Å²) in [4.78, 5) is 4.52. The molecule has 1 aliphatic rings. The van der Waals surface area contributed by atoms with E-state index in [2.05, 4.69) is 36.3 Å². The van der Waals surface area contributed by atoms with Crippen molar-refractivity contribution in [2.24, 2.45) is 4.99 Å². The zero-order valence-electron chi connectivity index (χ0n) is 12.7. The summed E-state index contributed by atoms with van der Waals surface area (Å²) in [5, 5.41) is 14.9. The van der Waals surface area contributed by atoms with Crippen molar-refractivity contribution in [3.8, 4) is 12.3 Å². The van der Waals surface area contributed by atoms with Crippen LogP contribution in [0.1, 0.15) is 37.8 Å². The molecule has 21 heavy (non-hydrogen) atoms. The minimum atomic E-state index is 0.478. The number of nitrogens with one attached hydrogen (secondary N) is 2. The third-order valence-corrected chi connectivity index (χ3v) is 3.49. The lowest BCUT2D eigenvalue weighted by Crippen LogP contribution is -2.37. The van der Waals surface area contributed by atoms with Crippen molar-refractivity contribution in [3.63, 3.8) is 0 Å². The predicted octanol–water partition coefficient (Wildman–Crippen LogP) is 0.735. The van der Waals surface area contributed by atoms with Gasteiger partial charge in [-0.05, 0) is 19.8 Å². The number of nitrogens with zero attached hydrogens (tertiary/aromatic N) is 4. The predicted molar refractivity (Wildman–Crippen MR) is 84.1 cm³/mol. The zero-order chi connectivity index (χ0) is 14.9. The lowest BCUT2D eigenvalue weighted by Gasteiger charge is -2.09. The second kappa shape index (κ2) is 8.30. The maximum absolute atomic E-state index is 5.25. The van der Waals surface area contributed by atoms with E-state index in [9.17, 15) is 0 Å². The van der Waals surface area contributed by atoms with Crippen molar-refractivity contribution in [3.05, 3.63) is 11.6 Å². The van der Waals surface area contributed by atoms with Gasteiger partial charge in [-0.2, -0.15) is 0 Å². The SMILES string of the molecule is C#CCNC(=NCCc1nnc2n1CCCCC2)NCC. The van der Waals surface area contributed by atoms with E-state index in [4.69, 9.17) is 6.42 Å². The van der Waals surface area contributed by atoms with Gasteiger partial charge in [0.05, 0.1) is 6.54 Å². The summed E-state index contributed by atoms with van der Waals surface area (Å²) < 4.78 is 2.27. The number of aryl methyl sites for hydroxylation is 1. The molecular weight excluding hydrogens is 264 g/mol. The first-order valence-corrected chi connectivity index (χ1v) is 7.71. The fraction of sp³-hybridized carbons (Fsp3) is 0.667. The molecule has 0 spiro atoms. The molecule has 6 heteroatoms. The number of terminal acetylenes is 1. The molecule has 0 saturated heterocycles. The standard InChI is InChI=1S/C15H24N6/c1-3-10-17-15(16-4-2)18-11-9-14-20-19-13-8-6-5-7-12-21(13)14/h1H,4-12H2,2H3,(H2,16,17,18). The van der Waals surface area contributed by atoms with Crippen molar-refractivity contribution in [2.75, 3.05) is 19.6 Å². The molecule has 1 aromatic rings. The molecule has 2 N–H and O–H groups in total. The maximum atomic E-state index is 5.25. The van der Waals surface area contributed by atoms with Gasteiger partial charge in [-0.3, -0.25) is 4.99 Å².